The third-order valence-corrected chi connectivity index (χ3v) is 5.95. The molecule has 2 aliphatic heterocycles. The van der Waals surface area contributed by atoms with E-state index in [4.69, 9.17) is 4.74 Å². The molecule has 160 valence electrons. The third kappa shape index (κ3) is 4.70. The average Bonchev–Trinajstić information content (AvgIpc) is 2.80. The van der Waals surface area contributed by atoms with Gasteiger partial charge in [0.1, 0.15) is 5.82 Å². The van der Waals surface area contributed by atoms with Crippen LogP contribution in [-0.2, 0) is 11.3 Å². The molecule has 1 atom stereocenters. The molecule has 0 aliphatic carbocycles. The Hall–Kier alpha value is -2.74. The van der Waals surface area contributed by atoms with Gasteiger partial charge in [-0.05, 0) is 30.5 Å². The summed E-state index contributed by atoms with van der Waals surface area (Å²) in [5.41, 5.74) is 0.917. The molecular formula is C22H28FN5O2. The number of methoxy groups -OCH3 is 1. The van der Waals surface area contributed by atoms with Crippen molar-refractivity contribution in [2.45, 2.75) is 19.4 Å². The number of carbonyl (C=O) groups excluding carboxylic acids is 1. The molecule has 2 saturated heterocycles. The fourth-order valence-corrected chi connectivity index (χ4v) is 4.29. The quantitative estimate of drug-likeness (QED) is 0.749. The summed E-state index contributed by atoms with van der Waals surface area (Å²) in [4.78, 5) is 28.0. The topological polar surface area (TPSA) is 61.8 Å². The molecule has 4 rings (SSSR count). The maximum Gasteiger partial charge on any atom is 0.227 e. The van der Waals surface area contributed by atoms with Crippen LogP contribution in [0.3, 0.4) is 0 Å². The van der Waals surface area contributed by atoms with Gasteiger partial charge in [0.15, 0.2) is 11.6 Å². The highest BCUT2D eigenvalue weighted by atomic mass is 19.1. The van der Waals surface area contributed by atoms with Crippen LogP contribution in [0.2, 0.25) is 0 Å². The van der Waals surface area contributed by atoms with Crippen LogP contribution in [0, 0.1) is 11.7 Å². The highest BCUT2D eigenvalue weighted by molar-refractivity contribution is 5.80. The molecule has 1 aromatic carbocycles. The number of rotatable bonds is 5. The summed E-state index contributed by atoms with van der Waals surface area (Å²) in [5.74, 6) is 0.999. The van der Waals surface area contributed by atoms with E-state index in [0.29, 0.717) is 26.2 Å². The number of amides is 1. The van der Waals surface area contributed by atoms with Gasteiger partial charge in [-0.2, -0.15) is 0 Å². The summed E-state index contributed by atoms with van der Waals surface area (Å²) in [7, 11) is 1.47. The van der Waals surface area contributed by atoms with E-state index in [-0.39, 0.29) is 23.4 Å². The van der Waals surface area contributed by atoms with E-state index < -0.39 is 0 Å². The molecule has 0 saturated carbocycles. The van der Waals surface area contributed by atoms with Gasteiger partial charge in [-0.3, -0.25) is 14.7 Å². The zero-order chi connectivity index (χ0) is 20.9. The van der Waals surface area contributed by atoms with Gasteiger partial charge in [-0.15, -0.1) is 0 Å². The zero-order valence-electron chi connectivity index (χ0n) is 17.3. The Kier molecular flexibility index (Phi) is 6.42. The Labute approximate surface area is 176 Å². The number of halogens is 1. The first-order valence-electron chi connectivity index (χ1n) is 10.5. The normalized spacial score (nSPS) is 20.3. The van der Waals surface area contributed by atoms with Crippen molar-refractivity contribution in [2.75, 3.05) is 51.3 Å². The number of nitrogens with zero attached hydrogens (tertiary/aromatic N) is 5. The minimum Gasteiger partial charge on any atom is -0.494 e. The van der Waals surface area contributed by atoms with Crippen molar-refractivity contribution in [3.8, 4) is 5.75 Å². The Morgan fingerprint density at radius 1 is 1.20 bits per heavy atom. The molecule has 8 heteroatoms. The number of hydrogen-bond donors (Lipinski definition) is 0. The van der Waals surface area contributed by atoms with Crippen LogP contribution in [0.15, 0.2) is 36.8 Å². The molecule has 2 aliphatic rings. The number of piperidine rings is 1. The molecule has 2 fully saturated rings. The number of hydrogen-bond acceptors (Lipinski definition) is 6. The van der Waals surface area contributed by atoms with E-state index in [1.165, 1.54) is 13.2 Å². The van der Waals surface area contributed by atoms with Gasteiger partial charge in [-0.25, -0.2) is 9.37 Å². The Morgan fingerprint density at radius 3 is 2.73 bits per heavy atom. The number of carbonyl (C=O) groups is 1. The summed E-state index contributed by atoms with van der Waals surface area (Å²) in [6.45, 7) is 5.28. The number of benzene rings is 1. The molecule has 30 heavy (non-hydrogen) atoms. The fourth-order valence-electron chi connectivity index (χ4n) is 4.29. The lowest BCUT2D eigenvalue weighted by Gasteiger charge is -2.39. The molecule has 0 bridgehead atoms. The summed E-state index contributed by atoms with van der Waals surface area (Å²) >= 11 is 0. The maximum absolute atomic E-state index is 13.9. The fraction of sp³-hybridized carbons (Fsp3) is 0.500. The minimum absolute atomic E-state index is 0.00277. The van der Waals surface area contributed by atoms with Crippen LogP contribution >= 0.6 is 0 Å². The van der Waals surface area contributed by atoms with E-state index in [0.717, 1.165) is 43.9 Å². The van der Waals surface area contributed by atoms with Crippen molar-refractivity contribution in [1.29, 1.82) is 0 Å². The second kappa shape index (κ2) is 9.38. The van der Waals surface area contributed by atoms with Crippen molar-refractivity contribution >= 4 is 11.7 Å². The molecule has 0 spiro atoms. The second-order valence-electron chi connectivity index (χ2n) is 7.92. The Balaban J connectivity index is 1.29. The van der Waals surface area contributed by atoms with Crippen molar-refractivity contribution in [3.05, 3.63) is 48.2 Å². The largest absolute Gasteiger partial charge is 0.494 e. The van der Waals surface area contributed by atoms with Gasteiger partial charge in [0, 0.05) is 58.2 Å². The van der Waals surface area contributed by atoms with Crippen molar-refractivity contribution in [1.82, 2.24) is 19.8 Å². The van der Waals surface area contributed by atoms with E-state index in [1.807, 2.05) is 11.0 Å². The highest BCUT2D eigenvalue weighted by Gasteiger charge is 2.31. The first-order valence-corrected chi connectivity index (χ1v) is 10.5. The highest BCUT2D eigenvalue weighted by Crippen LogP contribution is 2.24. The Bertz CT molecular complexity index is 858. The average molecular weight is 413 g/mol. The number of ether oxygens (including phenoxy) is 1. The zero-order valence-corrected chi connectivity index (χ0v) is 17.3. The first kappa shape index (κ1) is 20.5. The monoisotopic (exact) mass is 413 g/mol. The van der Waals surface area contributed by atoms with Crippen LogP contribution in [0.1, 0.15) is 18.4 Å². The van der Waals surface area contributed by atoms with Crippen LogP contribution in [0.25, 0.3) is 0 Å². The summed E-state index contributed by atoms with van der Waals surface area (Å²) in [6, 6.07) is 5.08. The van der Waals surface area contributed by atoms with Gasteiger partial charge in [0.2, 0.25) is 5.91 Å². The van der Waals surface area contributed by atoms with E-state index >= 15 is 0 Å². The molecule has 1 unspecified atom stereocenters. The van der Waals surface area contributed by atoms with E-state index in [1.54, 1.807) is 24.7 Å². The van der Waals surface area contributed by atoms with E-state index in [9.17, 15) is 9.18 Å². The van der Waals surface area contributed by atoms with Gasteiger partial charge in [-0.1, -0.05) is 6.07 Å². The molecule has 2 aromatic rings. The summed E-state index contributed by atoms with van der Waals surface area (Å²) < 4.78 is 18.9. The minimum atomic E-state index is -0.339. The molecule has 3 heterocycles. The predicted molar refractivity (Wildman–Crippen MR) is 112 cm³/mol. The Morgan fingerprint density at radius 2 is 2.03 bits per heavy atom. The third-order valence-electron chi connectivity index (χ3n) is 5.95. The van der Waals surface area contributed by atoms with Crippen LogP contribution in [-0.4, -0.2) is 72.1 Å². The first-order chi connectivity index (χ1) is 14.6. The lowest BCUT2D eigenvalue weighted by molar-refractivity contribution is -0.137. The summed E-state index contributed by atoms with van der Waals surface area (Å²) in [5, 5.41) is 0. The molecule has 7 nitrogen and oxygen atoms in total. The van der Waals surface area contributed by atoms with Gasteiger partial charge in [0.25, 0.3) is 0 Å². The summed E-state index contributed by atoms with van der Waals surface area (Å²) in [6.07, 6.45) is 7.01. The van der Waals surface area contributed by atoms with Crippen LogP contribution in [0.5, 0.6) is 5.75 Å². The van der Waals surface area contributed by atoms with Gasteiger partial charge < -0.3 is 14.5 Å². The van der Waals surface area contributed by atoms with Crippen LogP contribution < -0.4 is 9.64 Å². The number of piperazine rings is 1. The van der Waals surface area contributed by atoms with Gasteiger partial charge in [0.05, 0.1) is 19.2 Å². The van der Waals surface area contributed by atoms with Crippen molar-refractivity contribution < 1.29 is 13.9 Å². The number of aromatic nitrogens is 2. The number of anilines is 1. The van der Waals surface area contributed by atoms with Crippen LogP contribution in [0.4, 0.5) is 10.2 Å². The SMILES string of the molecule is COc1ccc(CN2CCN(C(=O)C3CCCN(c4cnccn4)C3)CC2)cc1F. The van der Waals surface area contributed by atoms with Crippen molar-refractivity contribution in [3.63, 3.8) is 0 Å². The van der Waals surface area contributed by atoms with E-state index in [2.05, 4.69) is 19.8 Å². The van der Waals surface area contributed by atoms with Crippen molar-refractivity contribution in [2.24, 2.45) is 5.92 Å². The molecule has 0 N–H and O–H groups in total. The lowest BCUT2D eigenvalue weighted by atomic mass is 9.96. The second-order valence-corrected chi connectivity index (χ2v) is 7.92. The van der Waals surface area contributed by atoms with Gasteiger partial charge >= 0.3 is 0 Å². The smallest absolute Gasteiger partial charge is 0.227 e. The molecule has 0 radical (unpaired) electrons. The maximum atomic E-state index is 13.9. The molecule has 1 amide bonds. The molecular weight excluding hydrogens is 385 g/mol. The molecule has 1 aromatic heterocycles. The lowest BCUT2D eigenvalue weighted by Crippen LogP contribution is -2.52. The standard InChI is InChI=1S/C22H28FN5O2/c1-30-20-5-4-17(13-19(20)23)15-26-9-11-27(12-10-26)22(29)18-3-2-8-28(16-18)21-14-24-6-7-25-21/h4-7,13-14,18H,2-3,8-12,15-16H2,1H3. The predicted octanol–water partition coefficient (Wildman–Crippen LogP) is 2.19.